The van der Waals surface area contributed by atoms with Crippen LogP contribution in [0.25, 0.3) is 0 Å². The van der Waals surface area contributed by atoms with Gasteiger partial charge in [0.1, 0.15) is 0 Å². The molecule has 1 aliphatic heterocycles. The lowest BCUT2D eigenvalue weighted by molar-refractivity contribution is 0.162. The highest BCUT2D eigenvalue weighted by molar-refractivity contribution is 7.89. The molecule has 0 amide bonds. The van der Waals surface area contributed by atoms with Gasteiger partial charge < -0.3 is 10.2 Å². The van der Waals surface area contributed by atoms with E-state index in [2.05, 4.69) is 28.8 Å². The Morgan fingerprint density at radius 1 is 1.28 bits per heavy atom. The zero-order chi connectivity index (χ0) is 13.6. The van der Waals surface area contributed by atoms with Crippen LogP contribution in [0, 0.1) is 0 Å². The van der Waals surface area contributed by atoms with E-state index in [0.717, 1.165) is 25.9 Å². The summed E-state index contributed by atoms with van der Waals surface area (Å²) in [4.78, 5) is 2.47. The molecule has 0 aliphatic carbocycles. The van der Waals surface area contributed by atoms with Crippen molar-refractivity contribution in [2.75, 3.05) is 31.9 Å². The van der Waals surface area contributed by atoms with Gasteiger partial charge >= 0.3 is 0 Å². The van der Waals surface area contributed by atoms with E-state index in [0.29, 0.717) is 25.2 Å². The topological polar surface area (TPSA) is 61.4 Å². The van der Waals surface area contributed by atoms with Crippen LogP contribution in [0.4, 0.5) is 0 Å². The molecular formula is C12H27N3O2S. The number of likely N-dealkylation sites (tertiary alicyclic amines) is 1. The lowest BCUT2D eigenvalue weighted by Crippen LogP contribution is -2.46. The van der Waals surface area contributed by atoms with Crippen molar-refractivity contribution in [3.8, 4) is 0 Å². The van der Waals surface area contributed by atoms with Gasteiger partial charge in [-0.3, -0.25) is 0 Å². The number of nitrogens with zero attached hydrogens (tertiary/aromatic N) is 1. The molecular weight excluding hydrogens is 250 g/mol. The summed E-state index contributed by atoms with van der Waals surface area (Å²) in [7, 11) is -3.08. The zero-order valence-electron chi connectivity index (χ0n) is 11.8. The first kappa shape index (κ1) is 15.9. The van der Waals surface area contributed by atoms with Crippen LogP contribution in [-0.4, -0.2) is 57.3 Å². The van der Waals surface area contributed by atoms with Crippen LogP contribution in [0.5, 0.6) is 0 Å². The van der Waals surface area contributed by atoms with Crippen LogP contribution in [0.1, 0.15) is 33.6 Å². The Balaban J connectivity index is 2.19. The summed E-state index contributed by atoms with van der Waals surface area (Å²) in [5.74, 6) is 0.172. The molecule has 1 aliphatic rings. The monoisotopic (exact) mass is 277 g/mol. The second-order valence-corrected chi connectivity index (χ2v) is 7.10. The third-order valence-corrected chi connectivity index (χ3v) is 4.90. The maximum absolute atomic E-state index is 11.5. The molecule has 1 saturated heterocycles. The highest BCUT2D eigenvalue weighted by atomic mass is 32.2. The van der Waals surface area contributed by atoms with Crippen molar-refractivity contribution >= 4 is 10.0 Å². The zero-order valence-corrected chi connectivity index (χ0v) is 12.6. The van der Waals surface area contributed by atoms with E-state index in [9.17, 15) is 8.42 Å². The molecule has 0 saturated carbocycles. The first-order valence-corrected chi connectivity index (χ1v) is 8.54. The van der Waals surface area contributed by atoms with Gasteiger partial charge in [0.05, 0.1) is 5.75 Å². The predicted octanol–water partition coefficient (Wildman–Crippen LogP) is 0.388. The van der Waals surface area contributed by atoms with E-state index >= 15 is 0 Å². The van der Waals surface area contributed by atoms with E-state index in [4.69, 9.17) is 0 Å². The minimum atomic E-state index is -3.08. The summed E-state index contributed by atoms with van der Waals surface area (Å²) in [6.07, 6.45) is 2.22. The van der Waals surface area contributed by atoms with Gasteiger partial charge in [0.15, 0.2) is 0 Å². The van der Waals surface area contributed by atoms with E-state index < -0.39 is 10.0 Å². The summed E-state index contributed by atoms with van der Waals surface area (Å²) in [6, 6.07) is 1.08. The number of hydrogen-bond donors (Lipinski definition) is 2. The molecule has 0 bridgehead atoms. The average molecular weight is 277 g/mol. The quantitative estimate of drug-likeness (QED) is 0.707. The van der Waals surface area contributed by atoms with Crippen LogP contribution in [0.3, 0.4) is 0 Å². The Morgan fingerprint density at radius 2 is 1.89 bits per heavy atom. The maximum atomic E-state index is 11.5. The van der Waals surface area contributed by atoms with Crippen LogP contribution in [-0.2, 0) is 10.0 Å². The lowest BCUT2D eigenvalue weighted by Gasteiger charge is -2.35. The van der Waals surface area contributed by atoms with Crippen LogP contribution in [0.2, 0.25) is 0 Å². The first-order valence-electron chi connectivity index (χ1n) is 6.89. The molecule has 0 spiro atoms. The molecule has 1 fully saturated rings. The highest BCUT2D eigenvalue weighted by Gasteiger charge is 2.20. The van der Waals surface area contributed by atoms with E-state index in [1.54, 1.807) is 6.92 Å². The van der Waals surface area contributed by atoms with Gasteiger partial charge in [0.25, 0.3) is 0 Å². The van der Waals surface area contributed by atoms with Crippen LogP contribution < -0.4 is 10.0 Å². The van der Waals surface area contributed by atoms with Crippen molar-refractivity contribution in [2.45, 2.75) is 45.7 Å². The molecule has 0 aromatic rings. The summed E-state index contributed by atoms with van der Waals surface area (Å²) >= 11 is 0. The number of hydrogen-bond acceptors (Lipinski definition) is 4. The number of sulfonamides is 1. The fourth-order valence-corrected chi connectivity index (χ4v) is 3.28. The predicted molar refractivity (Wildman–Crippen MR) is 75.2 cm³/mol. The normalized spacial score (nSPS) is 19.6. The fourth-order valence-electron chi connectivity index (χ4n) is 2.31. The Labute approximate surface area is 111 Å². The summed E-state index contributed by atoms with van der Waals surface area (Å²) in [5, 5.41) is 3.35. The SMILES string of the molecule is CCNS(=O)(=O)CCNC1CCN(C(C)C)CC1. The van der Waals surface area contributed by atoms with Gasteiger partial charge in [-0.1, -0.05) is 6.92 Å². The number of rotatable bonds is 7. The third-order valence-electron chi connectivity index (χ3n) is 3.43. The smallest absolute Gasteiger partial charge is 0.212 e. The standard InChI is InChI=1S/C12H27N3O2S/c1-4-14-18(16,17)10-7-13-12-5-8-15(9-6-12)11(2)3/h11-14H,4-10H2,1-3H3. The molecule has 0 unspecified atom stereocenters. The van der Waals surface area contributed by atoms with Crippen molar-refractivity contribution in [2.24, 2.45) is 0 Å². The summed E-state index contributed by atoms with van der Waals surface area (Å²) in [5.41, 5.74) is 0. The highest BCUT2D eigenvalue weighted by Crippen LogP contribution is 2.12. The maximum Gasteiger partial charge on any atom is 0.212 e. The summed E-state index contributed by atoms with van der Waals surface area (Å²) in [6.45, 7) is 9.46. The van der Waals surface area contributed by atoms with Crippen molar-refractivity contribution in [1.82, 2.24) is 14.9 Å². The van der Waals surface area contributed by atoms with E-state index in [1.165, 1.54) is 0 Å². The van der Waals surface area contributed by atoms with Gasteiger partial charge in [-0.15, -0.1) is 0 Å². The largest absolute Gasteiger partial charge is 0.313 e. The molecule has 18 heavy (non-hydrogen) atoms. The Kier molecular flexibility index (Phi) is 6.55. The van der Waals surface area contributed by atoms with E-state index in [-0.39, 0.29) is 5.75 Å². The van der Waals surface area contributed by atoms with Gasteiger partial charge in [-0.05, 0) is 39.8 Å². The van der Waals surface area contributed by atoms with Gasteiger partial charge in [-0.2, -0.15) is 0 Å². The Morgan fingerprint density at radius 3 is 2.39 bits per heavy atom. The van der Waals surface area contributed by atoms with Crippen LogP contribution in [0.15, 0.2) is 0 Å². The van der Waals surface area contributed by atoms with Crippen molar-refractivity contribution in [3.63, 3.8) is 0 Å². The second-order valence-electron chi connectivity index (χ2n) is 5.17. The van der Waals surface area contributed by atoms with Crippen LogP contribution >= 0.6 is 0 Å². The Hall–Kier alpha value is -0.170. The molecule has 108 valence electrons. The number of nitrogens with one attached hydrogen (secondary N) is 2. The van der Waals surface area contributed by atoms with E-state index in [1.807, 2.05) is 0 Å². The molecule has 0 aromatic carbocycles. The summed E-state index contributed by atoms with van der Waals surface area (Å²) < 4.78 is 25.4. The van der Waals surface area contributed by atoms with Crippen molar-refractivity contribution in [3.05, 3.63) is 0 Å². The molecule has 6 heteroatoms. The molecule has 1 rings (SSSR count). The molecule has 0 atom stereocenters. The number of piperidine rings is 1. The molecule has 0 aromatic heterocycles. The first-order chi connectivity index (χ1) is 8.44. The molecule has 2 N–H and O–H groups in total. The van der Waals surface area contributed by atoms with Crippen molar-refractivity contribution < 1.29 is 8.42 Å². The third kappa shape index (κ3) is 5.65. The Bertz CT molecular complexity index is 322. The fraction of sp³-hybridized carbons (Fsp3) is 1.00. The minimum absolute atomic E-state index is 0.172. The van der Waals surface area contributed by atoms with Gasteiger partial charge in [0, 0.05) is 25.2 Å². The molecule has 1 heterocycles. The second kappa shape index (κ2) is 7.43. The minimum Gasteiger partial charge on any atom is -0.313 e. The van der Waals surface area contributed by atoms with Gasteiger partial charge in [-0.25, -0.2) is 13.1 Å². The molecule has 5 nitrogen and oxygen atoms in total. The average Bonchev–Trinajstić information content (AvgIpc) is 2.29. The van der Waals surface area contributed by atoms with Gasteiger partial charge in [0.2, 0.25) is 10.0 Å². The van der Waals surface area contributed by atoms with Crippen molar-refractivity contribution in [1.29, 1.82) is 0 Å². The molecule has 0 radical (unpaired) electrons. The lowest BCUT2D eigenvalue weighted by atomic mass is 10.0.